The Morgan fingerprint density at radius 1 is 0.926 bits per heavy atom. The van der Waals surface area contributed by atoms with Crippen LogP contribution in [0.2, 0.25) is 0 Å². The Labute approximate surface area is 155 Å². The number of methoxy groups -OCH3 is 1. The van der Waals surface area contributed by atoms with E-state index in [0.29, 0.717) is 12.3 Å². The van der Waals surface area contributed by atoms with Gasteiger partial charge in [0.05, 0.1) is 35.6 Å². The number of hydrogen-bond acceptors (Lipinski definition) is 3. The molecule has 0 radical (unpaired) electrons. The molecule has 132 valence electrons. The van der Waals surface area contributed by atoms with Crippen LogP contribution in [0.3, 0.4) is 0 Å². The van der Waals surface area contributed by atoms with Gasteiger partial charge in [0, 0.05) is 5.39 Å². The molecule has 0 aliphatic carbocycles. The molecule has 0 atom stereocenters. The highest BCUT2D eigenvalue weighted by Gasteiger charge is 2.18. The summed E-state index contributed by atoms with van der Waals surface area (Å²) in [6.45, 7) is 0.490. The molecule has 5 aromatic rings. The van der Waals surface area contributed by atoms with E-state index >= 15 is 0 Å². The SMILES string of the molecule is COc1cccc2nn3c(=O)n(Cc4ccccc4)c4ccccc4c3c12. The van der Waals surface area contributed by atoms with E-state index in [1.54, 1.807) is 11.7 Å². The summed E-state index contributed by atoms with van der Waals surface area (Å²) in [6.07, 6.45) is 0. The van der Waals surface area contributed by atoms with E-state index in [2.05, 4.69) is 5.10 Å². The summed E-state index contributed by atoms with van der Waals surface area (Å²) in [5, 5.41) is 6.41. The highest BCUT2D eigenvalue weighted by atomic mass is 16.5. The molecule has 2 aromatic heterocycles. The third-order valence-electron chi connectivity index (χ3n) is 4.93. The number of para-hydroxylation sites is 1. The first-order valence-electron chi connectivity index (χ1n) is 8.79. The fourth-order valence-corrected chi connectivity index (χ4v) is 3.71. The molecule has 0 spiro atoms. The molecule has 0 unspecified atom stereocenters. The third-order valence-corrected chi connectivity index (χ3v) is 4.93. The van der Waals surface area contributed by atoms with Gasteiger partial charge < -0.3 is 4.74 Å². The Bertz CT molecular complexity index is 1350. The van der Waals surface area contributed by atoms with Gasteiger partial charge in [0.1, 0.15) is 5.75 Å². The van der Waals surface area contributed by atoms with Crippen molar-refractivity contribution in [3.05, 3.63) is 88.8 Å². The van der Waals surface area contributed by atoms with E-state index in [4.69, 9.17) is 4.74 Å². The van der Waals surface area contributed by atoms with Crippen molar-refractivity contribution in [3.63, 3.8) is 0 Å². The van der Waals surface area contributed by atoms with Crippen LogP contribution in [0.15, 0.2) is 77.6 Å². The molecular weight excluding hydrogens is 338 g/mol. The minimum Gasteiger partial charge on any atom is -0.496 e. The zero-order chi connectivity index (χ0) is 18.4. The molecule has 5 heteroatoms. The van der Waals surface area contributed by atoms with E-state index < -0.39 is 0 Å². The molecule has 0 aliphatic heterocycles. The van der Waals surface area contributed by atoms with Crippen LogP contribution in [0.1, 0.15) is 5.56 Å². The minimum absolute atomic E-state index is 0.161. The van der Waals surface area contributed by atoms with Gasteiger partial charge in [-0.15, -0.1) is 0 Å². The van der Waals surface area contributed by atoms with Crippen LogP contribution in [0.5, 0.6) is 5.75 Å². The van der Waals surface area contributed by atoms with Gasteiger partial charge in [-0.05, 0) is 23.8 Å². The second-order valence-corrected chi connectivity index (χ2v) is 6.49. The first kappa shape index (κ1) is 15.6. The number of hydrogen-bond donors (Lipinski definition) is 0. The van der Waals surface area contributed by atoms with Crippen molar-refractivity contribution in [1.82, 2.24) is 14.2 Å². The molecule has 0 fully saturated rings. The van der Waals surface area contributed by atoms with Gasteiger partial charge in [-0.2, -0.15) is 9.61 Å². The van der Waals surface area contributed by atoms with Crippen LogP contribution in [-0.4, -0.2) is 21.3 Å². The van der Waals surface area contributed by atoms with Crippen molar-refractivity contribution in [2.24, 2.45) is 0 Å². The van der Waals surface area contributed by atoms with E-state index in [-0.39, 0.29) is 5.69 Å². The zero-order valence-corrected chi connectivity index (χ0v) is 14.8. The number of rotatable bonds is 3. The van der Waals surface area contributed by atoms with Crippen LogP contribution in [0.25, 0.3) is 27.3 Å². The average Bonchev–Trinajstić information content (AvgIpc) is 3.12. The topological polar surface area (TPSA) is 48.5 Å². The maximum absolute atomic E-state index is 13.3. The lowest BCUT2D eigenvalue weighted by atomic mass is 10.1. The first-order chi connectivity index (χ1) is 13.3. The maximum atomic E-state index is 13.3. The van der Waals surface area contributed by atoms with Crippen LogP contribution in [0.4, 0.5) is 0 Å². The molecule has 2 heterocycles. The Morgan fingerprint density at radius 3 is 2.52 bits per heavy atom. The summed E-state index contributed by atoms with van der Waals surface area (Å²) in [4.78, 5) is 13.3. The Balaban J connectivity index is 1.94. The van der Waals surface area contributed by atoms with Crippen LogP contribution >= 0.6 is 0 Å². The van der Waals surface area contributed by atoms with Crippen molar-refractivity contribution in [2.45, 2.75) is 6.54 Å². The molecule has 5 rings (SSSR count). The minimum atomic E-state index is -0.161. The van der Waals surface area contributed by atoms with Gasteiger partial charge in [-0.1, -0.05) is 54.6 Å². The fourth-order valence-electron chi connectivity index (χ4n) is 3.71. The lowest BCUT2D eigenvalue weighted by Gasteiger charge is -2.12. The number of aromatic nitrogens is 3. The molecule has 0 saturated heterocycles. The Hall–Kier alpha value is -3.60. The van der Waals surface area contributed by atoms with Crippen molar-refractivity contribution >= 4 is 27.3 Å². The van der Waals surface area contributed by atoms with E-state index in [9.17, 15) is 4.79 Å². The Morgan fingerprint density at radius 2 is 1.70 bits per heavy atom. The standard InChI is InChI=1S/C22H17N3O2/c1-27-19-13-7-11-17-20(19)21-16-10-5-6-12-18(16)24(22(26)25(21)23-17)14-15-8-3-2-4-9-15/h2-13H,14H2,1H3. The maximum Gasteiger partial charge on any atom is 0.350 e. The quantitative estimate of drug-likeness (QED) is 0.494. The normalized spacial score (nSPS) is 11.4. The van der Waals surface area contributed by atoms with Crippen LogP contribution in [-0.2, 0) is 6.54 Å². The smallest absolute Gasteiger partial charge is 0.350 e. The zero-order valence-electron chi connectivity index (χ0n) is 14.8. The largest absolute Gasteiger partial charge is 0.496 e. The lowest BCUT2D eigenvalue weighted by Crippen LogP contribution is -2.28. The number of ether oxygens (including phenoxy) is 1. The van der Waals surface area contributed by atoms with Gasteiger partial charge in [0.2, 0.25) is 0 Å². The molecule has 0 N–H and O–H groups in total. The van der Waals surface area contributed by atoms with Crippen molar-refractivity contribution < 1.29 is 4.74 Å². The molecular formula is C22H17N3O2. The van der Waals surface area contributed by atoms with E-state index in [1.165, 1.54) is 4.52 Å². The van der Waals surface area contributed by atoms with Gasteiger partial charge in [0.25, 0.3) is 0 Å². The van der Waals surface area contributed by atoms with E-state index in [1.807, 2.05) is 72.8 Å². The molecule has 0 amide bonds. The molecule has 3 aromatic carbocycles. The average molecular weight is 355 g/mol. The highest BCUT2D eigenvalue weighted by Crippen LogP contribution is 2.32. The second kappa shape index (κ2) is 5.99. The van der Waals surface area contributed by atoms with Gasteiger partial charge in [-0.3, -0.25) is 4.57 Å². The molecule has 27 heavy (non-hydrogen) atoms. The van der Waals surface area contributed by atoms with E-state index in [0.717, 1.165) is 32.9 Å². The number of fused-ring (bicyclic) bond motifs is 5. The summed E-state index contributed by atoms with van der Waals surface area (Å²) >= 11 is 0. The molecule has 0 bridgehead atoms. The van der Waals surface area contributed by atoms with Crippen LogP contribution in [0, 0.1) is 0 Å². The van der Waals surface area contributed by atoms with Gasteiger partial charge in [0.15, 0.2) is 0 Å². The predicted molar refractivity (Wildman–Crippen MR) is 107 cm³/mol. The number of benzene rings is 3. The van der Waals surface area contributed by atoms with Crippen molar-refractivity contribution in [2.75, 3.05) is 7.11 Å². The second-order valence-electron chi connectivity index (χ2n) is 6.49. The number of nitrogens with zero attached hydrogens (tertiary/aromatic N) is 3. The summed E-state index contributed by atoms with van der Waals surface area (Å²) in [5.41, 5.74) is 3.32. The Kier molecular flexibility index (Phi) is 3.47. The van der Waals surface area contributed by atoms with Crippen molar-refractivity contribution in [1.29, 1.82) is 0 Å². The summed E-state index contributed by atoms with van der Waals surface area (Å²) in [7, 11) is 1.64. The summed E-state index contributed by atoms with van der Waals surface area (Å²) < 4.78 is 8.82. The van der Waals surface area contributed by atoms with Gasteiger partial charge >= 0.3 is 5.69 Å². The monoisotopic (exact) mass is 355 g/mol. The third kappa shape index (κ3) is 2.32. The first-order valence-corrected chi connectivity index (χ1v) is 8.79. The summed E-state index contributed by atoms with van der Waals surface area (Å²) in [6, 6.07) is 23.6. The lowest BCUT2D eigenvalue weighted by molar-refractivity contribution is 0.420. The molecule has 5 nitrogen and oxygen atoms in total. The summed E-state index contributed by atoms with van der Waals surface area (Å²) in [5.74, 6) is 0.716. The highest BCUT2D eigenvalue weighted by molar-refractivity contribution is 6.11. The van der Waals surface area contributed by atoms with Crippen LogP contribution < -0.4 is 10.4 Å². The molecule has 0 aliphatic rings. The fraction of sp³-hybridized carbons (Fsp3) is 0.0909. The van der Waals surface area contributed by atoms with Gasteiger partial charge in [-0.25, -0.2) is 4.79 Å². The molecule has 0 saturated carbocycles. The predicted octanol–water partition coefficient (Wildman–Crippen LogP) is 3.86. The van der Waals surface area contributed by atoms with Crippen molar-refractivity contribution in [3.8, 4) is 5.75 Å².